The van der Waals surface area contributed by atoms with Crippen LogP contribution in [0.15, 0.2) is 15.9 Å². The van der Waals surface area contributed by atoms with Crippen LogP contribution in [-0.2, 0) is 15.3 Å². The first kappa shape index (κ1) is 10.6. The molecule has 1 aliphatic heterocycles. The number of hydrogen-bond donors (Lipinski definition) is 1. The minimum absolute atomic E-state index is 0.0147. The normalized spacial score (nSPS) is 32.4. The second kappa shape index (κ2) is 3.90. The number of ether oxygens (including phenoxy) is 2. The quantitative estimate of drug-likeness (QED) is 0.900. The molecule has 0 bridgehead atoms. The Hall–Kier alpha value is 0.0600. The van der Waals surface area contributed by atoms with Gasteiger partial charge in [-0.05, 0) is 35.0 Å². The average Bonchev–Trinajstić information content (AvgIpc) is 2.73. The van der Waals surface area contributed by atoms with Crippen LogP contribution >= 0.6 is 27.3 Å². The molecule has 0 saturated carbocycles. The van der Waals surface area contributed by atoms with E-state index in [1.54, 1.807) is 11.3 Å². The minimum Gasteiger partial charge on any atom is -0.343 e. The highest BCUT2D eigenvalue weighted by molar-refractivity contribution is 9.11. The smallest absolute Gasteiger partial charge is 0.201 e. The van der Waals surface area contributed by atoms with Crippen molar-refractivity contribution in [1.82, 2.24) is 0 Å². The fourth-order valence-electron chi connectivity index (χ4n) is 1.44. The van der Waals surface area contributed by atoms with E-state index in [0.717, 1.165) is 8.66 Å². The molecule has 1 aromatic heterocycles. The second-order valence-corrected chi connectivity index (χ2v) is 5.80. The second-order valence-electron chi connectivity index (χ2n) is 3.34. The first-order valence-corrected chi connectivity index (χ1v) is 6.02. The van der Waals surface area contributed by atoms with Crippen LogP contribution in [0.25, 0.3) is 0 Å². The fraction of sp³-hybridized carbons (Fsp3) is 0.556. The topological polar surface area (TPSA) is 44.5 Å². The lowest BCUT2D eigenvalue weighted by Gasteiger charge is -2.21. The Morgan fingerprint density at radius 2 is 2.50 bits per heavy atom. The summed E-state index contributed by atoms with van der Waals surface area (Å²) in [7, 11) is 0. The van der Waals surface area contributed by atoms with Crippen LogP contribution in [0, 0.1) is 0 Å². The first-order chi connectivity index (χ1) is 6.64. The van der Waals surface area contributed by atoms with E-state index in [9.17, 15) is 0 Å². The van der Waals surface area contributed by atoms with Crippen molar-refractivity contribution in [1.29, 1.82) is 0 Å². The van der Waals surface area contributed by atoms with Crippen molar-refractivity contribution < 1.29 is 9.47 Å². The molecule has 2 atom stereocenters. The molecule has 0 aliphatic carbocycles. The predicted molar refractivity (Wildman–Crippen MR) is 59.3 cm³/mol. The maximum atomic E-state index is 5.74. The van der Waals surface area contributed by atoms with Crippen LogP contribution in [-0.4, -0.2) is 19.3 Å². The van der Waals surface area contributed by atoms with Crippen molar-refractivity contribution in [2.24, 2.45) is 5.73 Å². The summed E-state index contributed by atoms with van der Waals surface area (Å²) in [6, 6.07) is 4.00. The van der Waals surface area contributed by atoms with E-state index in [4.69, 9.17) is 15.2 Å². The summed E-state index contributed by atoms with van der Waals surface area (Å²) >= 11 is 5.04. The van der Waals surface area contributed by atoms with Gasteiger partial charge >= 0.3 is 0 Å². The van der Waals surface area contributed by atoms with Gasteiger partial charge < -0.3 is 15.2 Å². The van der Waals surface area contributed by atoms with Gasteiger partial charge in [-0.25, -0.2) is 0 Å². The average molecular weight is 278 g/mol. The van der Waals surface area contributed by atoms with Gasteiger partial charge in [0.1, 0.15) is 0 Å². The lowest BCUT2D eigenvalue weighted by Crippen LogP contribution is -2.26. The van der Waals surface area contributed by atoms with Crippen LogP contribution < -0.4 is 5.73 Å². The number of rotatable bonds is 2. The molecule has 1 fully saturated rings. The SMILES string of the molecule is CC1(c2ccc(Br)s2)OCC(CN)O1. The molecule has 2 rings (SSSR count). The Morgan fingerprint density at radius 1 is 1.71 bits per heavy atom. The highest BCUT2D eigenvalue weighted by atomic mass is 79.9. The molecule has 14 heavy (non-hydrogen) atoms. The van der Waals surface area contributed by atoms with E-state index in [1.807, 2.05) is 19.1 Å². The molecule has 1 saturated heterocycles. The third-order valence-corrected chi connectivity index (χ3v) is 4.03. The van der Waals surface area contributed by atoms with Gasteiger partial charge in [0, 0.05) is 6.54 Å². The zero-order valence-electron chi connectivity index (χ0n) is 7.83. The summed E-state index contributed by atoms with van der Waals surface area (Å²) < 4.78 is 12.5. The van der Waals surface area contributed by atoms with Crippen LogP contribution in [0.1, 0.15) is 11.8 Å². The monoisotopic (exact) mass is 277 g/mol. The molecule has 2 N–H and O–H groups in total. The molecule has 0 aromatic carbocycles. The highest BCUT2D eigenvalue weighted by Crippen LogP contribution is 2.38. The molecule has 1 aromatic rings. The van der Waals surface area contributed by atoms with Crippen molar-refractivity contribution in [2.75, 3.05) is 13.2 Å². The molecule has 5 heteroatoms. The maximum Gasteiger partial charge on any atom is 0.201 e. The first-order valence-electron chi connectivity index (χ1n) is 4.42. The Bertz CT molecular complexity index is 330. The fourth-order valence-corrected chi connectivity index (χ4v) is 2.87. The Morgan fingerprint density at radius 3 is 3.00 bits per heavy atom. The zero-order valence-corrected chi connectivity index (χ0v) is 10.2. The number of thiophene rings is 1. The van der Waals surface area contributed by atoms with Crippen molar-refractivity contribution in [3.05, 3.63) is 20.8 Å². The summed E-state index contributed by atoms with van der Waals surface area (Å²) in [5.74, 6) is -0.610. The molecule has 78 valence electrons. The number of halogens is 1. The summed E-state index contributed by atoms with van der Waals surface area (Å²) in [6.45, 7) is 3.01. The summed E-state index contributed by atoms with van der Waals surface area (Å²) in [6.07, 6.45) is 0.0147. The molecule has 1 aliphatic rings. The van der Waals surface area contributed by atoms with E-state index in [1.165, 1.54) is 0 Å². The minimum atomic E-state index is -0.610. The Balaban J connectivity index is 2.18. The summed E-state index contributed by atoms with van der Waals surface area (Å²) in [4.78, 5) is 1.07. The van der Waals surface area contributed by atoms with Crippen LogP contribution in [0.3, 0.4) is 0 Å². The van der Waals surface area contributed by atoms with Gasteiger partial charge in [0.05, 0.1) is 21.4 Å². The standard InChI is InChI=1S/C9H12BrNO2S/c1-9(7-2-3-8(10)14-7)12-5-6(4-11)13-9/h2-3,6H,4-5,11H2,1H3. The predicted octanol–water partition coefficient (Wildman–Crippen LogP) is 2.06. The largest absolute Gasteiger partial charge is 0.343 e. The molecule has 0 amide bonds. The van der Waals surface area contributed by atoms with Gasteiger partial charge in [-0.2, -0.15) is 0 Å². The molecular weight excluding hydrogens is 266 g/mol. The van der Waals surface area contributed by atoms with Crippen molar-refractivity contribution in [2.45, 2.75) is 18.8 Å². The Kier molecular flexibility index (Phi) is 2.95. The molecule has 0 radical (unpaired) electrons. The van der Waals surface area contributed by atoms with Crippen molar-refractivity contribution in [3.8, 4) is 0 Å². The van der Waals surface area contributed by atoms with Gasteiger partial charge in [-0.3, -0.25) is 0 Å². The lowest BCUT2D eigenvalue weighted by molar-refractivity contribution is -0.157. The lowest BCUT2D eigenvalue weighted by atomic mass is 10.2. The Labute approximate surface area is 95.3 Å². The third kappa shape index (κ3) is 1.87. The maximum absolute atomic E-state index is 5.74. The van der Waals surface area contributed by atoms with Crippen LogP contribution in [0.5, 0.6) is 0 Å². The van der Waals surface area contributed by atoms with Gasteiger partial charge in [-0.15, -0.1) is 11.3 Å². The number of nitrogens with two attached hydrogens (primary N) is 1. The molecule has 3 nitrogen and oxygen atoms in total. The van der Waals surface area contributed by atoms with E-state index in [-0.39, 0.29) is 6.10 Å². The van der Waals surface area contributed by atoms with Gasteiger partial charge in [0.25, 0.3) is 0 Å². The highest BCUT2D eigenvalue weighted by Gasteiger charge is 2.39. The number of hydrogen-bond acceptors (Lipinski definition) is 4. The molecule has 2 heterocycles. The van der Waals surface area contributed by atoms with Gasteiger partial charge in [-0.1, -0.05) is 0 Å². The zero-order chi connectivity index (χ0) is 10.2. The van der Waals surface area contributed by atoms with E-state index < -0.39 is 5.79 Å². The van der Waals surface area contributed by atoms with E-state index >= 15 is 0 Å². The van der Waals surface area contributed by atoms with E-state index in [2.05, 4.69) is 15.9 Å². The summed E-state index contributed by atoms with van der Waals surface area (Å²) in [5, 5.41) is 0. The van der Waals surface area contributed by atoms with Crippen molar-refractivity contribution >= 4 is 27.3 Å². The van der Waals surface area contributed by atoms with Gasteiger partial charge in [0.2, 0.25) is 5.79 Å². The van der Waals surface area contributed by atoms with E-state index in [0.29, 0.717) is 13.2 Å². The van der Waals surface area contributed by atoms with Crippen LogP contribution in [0.4, 0.5) is 0 Å². The molecule has 2 unspecified atom stereocenters. The molecule has 0 spiro atoms. The van der Waals surface area contributed by atoms with Gasteiger partial charge in [0.15, 0.2) is 0 Å². The third-order valence-electron chi connectivity index (χ3n) is 2.22. The summed E-state index contributed by atoms with van der Waals surface area (Å²) in [5.41, 5.74) is 5.53. The van der Waals surface area contributed by atoms with Crippen LogP contribution in [0.2, 0.25) is 0 Å². The van der Waals surface area contributed by atoms with Crippen molar-refractivity contribution in [3.63, 3.8) is 0 Å². The molecular formula is C9H12BrNO2S.